The van der Waals surface area contributed by atoms with Gasteiger partial charge in [0.05, 0.1) is 5.69 Å². The molecule has 1 unspecified atom stereocenters. The van der Waals surface area contributed by atoms with Crippen LogP contribution in [0.4, 0.5) is 0 Å². The average molecular weight is 264 g/mol. The number of carbonyl (C=O) groups is 1. The van der Waals surface area contributed by atoms with Crippen molar-refractivity contribution in [1.82, 2.24) is 20.0 Å². The van der Waals surface area contributed by atoms with E-state index in [0.29, 0.717) is 12.5 Å². The van der Waals surface area contributed by atoms with Gasteiger partial charge in [-0.3, -0.25) is 9.48 Å². The molecule has 5 nitrogen and oxygen atoms in total. The molecule has 1 saturated heterocycles. The average Bonchev–Trinajstić information content (AvgIpc) is 2.61. The minimum absolute atomic E-state index is 0.260. The number of piperazine rings is 1. The van der Waals surface area contributed by atoms with Gasteiger partial charge in [-0.2, -0.15) is 5.10 Å². The smallest absolute Gasteiger partial charge is 0.223 e. The molecule has 1 aromatic rings. The molecule has 0 spiro atoms. The Balaban J connectivity index is 1.93. The molecule has 0 aromatic carbocycles. The summed E-state index contributed by atoms with van der Waals surface area (Å²) in [6, 6.07) is 0.402. The molecule has 106 valence electrons. The van der Waals surface area contributed by atoms with E-state index in [1.165, 1.54) is 11.3 Å². The second-order valence-corrected chi connectivity index (χ2v) is 5.47. The van der Waals surface area contributed by atoms with E-state index < -0.39 is 0 Å². The highest BCUT2D eigenvalue weighted by Gasteiger charge is 2.20. The van der Waals surface area contributed by atoms with Gasteiger partial charge in [-0.1, -0.05) is 0 Å². The Bertz CT molecular complexity index is 466. The highest BCUT2D eigenvalue weighted by atomic mass is 16.2. The van der Waals surface area contributed by atoms with Crippen molar-refractivity contribution in [1.29, 1.82) is 0 Å². The van der Waals surface area contributed by atoms with Crippen molar-refractivity contribution in [3.63, 3.8) is 0 Å². The van der Waals surface area contributed by atoms with Gasteiger partial charge in [-0.15, -0.1) is 0 Å². The van der Waals surface area contributed by atoms with Crippen LogP contribution in [0.5, 0.6) is 0 Å². The van der Waals surface area contributed by atoms with E-state index >= 15 is 0 Å². The zero-order chi connectivity index (χ0) is 14.0. The van der Waals surface area contributed by atoms with Gasteiger partial charge in [0.1, 0.15) is 0 Å². The van der Waals surface area contributed by atoms with Crippen LogP contribution in [0.1, 0.15) is 30.3 Å². The molecule has 1 atom stereocenters. The number of nitrogens with zero attached hydrogens (tertiary/aromatic N) is 3. The van der Waals surface area contributed by atoms with Crippen molar-refractivity contribution in [2.75, 3.05) is 19.6 Å². The maximum absolute atomic E-state index is 12.2. The summed E-state index contributed by atoms with van der Waals surface area (Å²) < 4.78 is 1.89. The Morgan fingerprint density at radius 2 is 2.21 bits per heavy atom. The highest BCUT2D eigenvalue weighted by molar-refractivity contribution is 5.76. The third kappa shape index (κ3) is 3.15. The van der Waals surface area contributed by atoms with Crippen molar-refractivity contribution in [2.45, 2.75) is 39.7 Å². The zero-order valence-corrected chi connectivity index (χ0v) is 12.4. The Hall–Kier alpha value is -1.36. The summed E-state index contributed by atoms with van der Waals surface area (Å²) in [6.45, 7) is 8.75. The maximum atomic E-state index is 12.2. The van der Waals surface area contributed by atoms with Gasteiger partial charge in [0.15, 0.2) is 0 Å². The van der Waals surface area contributed by atoms with E-state index in [2.05, 4.69) is 24.3 Å². The molecule has 2 rings (SSSR count). The molecule has 2 heterocycles. The first-order chi connectivity index (χ1) is 8.99. The summed E-state index contributed by atoms with van der Waals surface area (Å²) in [5, 5.41) is 7.75. The Kier molecular flexibility index (Phi) is 4.24. The van der Waals surface area contributed by atoms with Crippen LogP contribution in [0.3, 0.4) is 0 Å². The normalized spacial score (nSPS) is 19.8. The van der Waals surface area contributed by atoms with Crippen LogP contribution in [0, 0.1) is 13.8 Å². The SMILES string of the molecule is Cc1nn(C)c(C)c1CCC(=O)N1CCNC(C)C1. The third-order valence-electron chi connectivity index (χ3n) is 3.97. The summed E-state index contributed by atoms with van der Waals surface area (Å²) in [7, 11) is 1.95. The van der Waals surface area contributed by atoms with E-state index in [0.717, 1.165) is 31.7 Å². The Morgan fingerprint density at radius 3 is 2.79 bits per heavy atom. The summed E-state index contributed by atoms with van der Waals surface area (Å²) in [4.78, 5) is 14.2. The lowest BCUT2D eigenvalue weighted by molar-refractivity contribution is -0.132. The summed E-state index contributed by atoms with van der Waals surface area (Å²) >= 11 is 0. The van der Waals surface area contributed by atoms with Crippen LogP contribution < -0.4 is 5.32 Å². The lowest BCUT2D eigenvalue weighted by Gasteiger charge is -2.32. The number of rotatable bonds is 3. The monoisotopic (exact) mass is 264 g/mol. The zero-order valence-electron chi connectivity index (χ0n) is 12.4. The molecule has 1 fully saturated rings. The fourth-order valence-corrected chi connectivity index (χ4v) is 2.73. The third-order valence-corrected chi connectivity index (χ3v) is 3.97. The van der Waals surface area contributed by atoms with Crippen LogP contribution in [0.2, 0.25) is 0 Å². The fraction of sp³-hybridized carbons (Fsp3) is 0.714. The molecule has 1 aliphatic heterocycles. The number of hydrogen-bond acceptors (Lipinski definition) is 3. The summed E-state index contributed by atoms with van der Waals surface area (Å²) in [6.07, 6.45) is 1.38. The van der Waals surface area contributed by atoms with Gasteiger partial charge in [-0.05, 0) is 32.8 Å². The molecule has 1 aromatic heterocycles. The van der Waals surface area contributed by atoms with Gasteiger partial charge < -0.3 is 10.2 Å². The van der Waals surface area contributed by atoms with Crippen LogP contribution in [0.15, 0.2) is 0 Å². The minimum Gasteiger partial charge on any atom is -0.340 e. The molecule has 0 aliphatic carbocycles. The molecule has 5 heteroatoms. The number of nitrogens with one attached hydrogen (secondary N) is 1. The summed E-state index contributed by atoms with van der Waals surface area (Å²) in [5.74, 6) is 0.260. The van der Waals surface area contributed by atoms with E-state index in [1.807, 2.05) is 23.6 Å². The number of carbonyl (C=O) groups excluding carboxylic acids is 1. The topological polar surface area (TPSA) is 50.2 Å². The number of aromatic nitrogens is 2. The van der Waals surface area contributed by atoms with Gasteiger partial charge in [0.2, 0.25) is 5.91 Å². The van der Waals surface area contributed by atoms with E-state index in [4.69, 9.17) is 0 Å². The van der Waals surface area contributed by atoms with Gasteiger partial charge in [0.25, 0.3) is 0 Å². The van der Waals surface area contributed by atoms with Crippen molar-refractivity contribution < 1.29 is 4.79 Å². The van der Waals surface area contributed by atoms with E-state index in [-0.39, 0.29) is 5.91 Å². The highest BCUT2D eigenvalue weighted by Crippen LogP contribution is 2.15. The first-order valence-corrected chi connectivity index (χ1v) is 6.99. The Morgan fingerprint density at radius 1 is 1.47 bits per heavy atom. The minimum atomic E-state index is 0.260. The molecule has 1 aliphatic rings. The quantitative estimate of drug-likeness (QED) is 0.878. The number of amides is 1. The second kappa shape index (κ2) is 5.74. The van der Waals surface area contributed by atoms with Crippen LogP contribution in [-0.4, -0.2) is 46.3 Å². The van der Waals surface area contributed by atoms with Crippen molar-refractivity contribution >= 4 is 5.91 Å². The van der Waals surface area contributed by atoms with Crippen LogP contribution >= 0.6 is 0 Å². The lowest BCUT2D eigenvalue weighted by atomic mass is 10.1. The van der Waals surface area contributed by atoms with E-state index in [9.17, 15) is 4.79 Å². The predicted molar refractivity (Wildman–Crippen MR) is 75.0 cm³/mol. The van der Waals surface area contributed by atoms with Crippen molar-refractivity contribution in [3.05, 3.63) is 17.0 Å². The van der Waals surface area contributed by atoms with Gasteiger partial charge in [0, 0.05) is 44.8 Å². The molecule has 19 heavy (non-hydrogen) atoms. The number of hydrogen-bond donors (Lipinski definition) is 1. The first-order valence-electron chi connectivity index (χ1n) is 6.99. The molecular formula is C14H24N4O. The molecule has 0 radical (unpaired) electrons. The van der Waals surface area contributed by atoms with Crippen molar-refractivity contribution in [3.8, 4) is 0 Å². The standard InChI is InChI=1S/C14H24N4O/c1-10-9-18(8-7-15-10)14(19)6-5-13-11(2)16-17(4)12(13)3/h10,15H,5-9H2,1-4H3. The van der Waals surface area contributed by atoms with Gasteiger partial charge >= 0.3 is 0 Å². The van der Waals surface area contributed by atoms with Crippen LogP contribution in [-0.2, 0) is 18.3 Å². The predicted octanol–water partition coefficient (Wildman–Crippen LogP) is 0.790. The van der Waals surface area contributed by atoms with Crippen LogP contribution in [0.25, 0.3) is 0 Å². The molecule has 0 bridgehead atoms. The maximum Gasteiger partial charge on any atom is 0.223 e. The molecule has 1 amide bonds. The largest absolute Gasteiger partial charge is 0.340 e. The lowest BCUT2D eigenvalue weighted by Crippen LogP contribution is -2.51. The van der Waals surface area contributed by atoms with Gasteiger partial charge in [-0.25, -0.2) is 0 Å². The van der Waals surface area contributed by atoms with Crippen molar-refractivity contribution in [2.24, 2.45) is 7.05 Å². The summed E-state index contributed by atoms with van der Waals surface area (Å²) in [5.41, 5.74) is 3.43. The van der Waals surface area contributed by atoms with E-state index in [1.54, 1.807) is 0 Å². The Labute approximate surface area is 115 Å². The second-order valence-electron chi connectivity index (χ2n) is 5.47. The molecule has 1 N–H and O–H groups in total. The molecular weight excluding hydrogens is 240 g/mol. The number of aryl methyl sites for hydroxylation is 2. The fourth-order valence-electron chi connectivity index (χ4n) is 2.73. The molecule has 0 saturated carbocycles. The first kappa shape index (κ1) is 14.1.